The van der Waals surface area contributed by atoms with Crippen LogP contribution in [0.15, 0.2) is 72.8 Å². The van der Waals surface area contributed by atoms with Crippen molar-refractivity contribution >= 4 is 17.7 Å². The molecule has 0 fully saturated rings. The molecule has 0 unspecified atom stereocenters. The van der Waals surface area contributed by atoms with Crippen molar-refractivity contribution in [2.75, 3.05) is 25.1 Å². The lowest BCUT2D eigenvalue weighted by Gasteiger charge is -2.13. The van der Waals surface area contributed by atoms with Gasteiger partial charge >= 0.3 is 0 Å². The maximum Gasteiger partial charge on any atom is 0.248 e. The number of benzene rings is 3. The average molecular weight is 432 g/mol. The molecule has 5 nitrogen and oxygen atoms in total. The third kappa shape index (κ3) is 6.64. The number of rotatable bonds is 10. The fraction of sp³-hybridized carbons (Fsp3) is 0.222. The molecule has 0 bridgehead atoms. The zero-order valence-electron chi connectivity index (χ0n) is 18.8. The Kier molecular flexibility index (Phi) is 8.32. The smallest absolute Gasteiger partial charge is 0.248 e. The first kappa shape index (κ1) is 22.9. The fourth-order valence-electron chi connectivity index (χ4n) is 3.08. The van der Waals surface area contributed by atoms with E-state index in [1.807, 2.05) is 87.5 Å². The van der Waals surface area contributed by atoms with Gasteiger partial charge in [-0.3, -0.25) is 4.79 Å². The molecule has 1 amide bonds. The molecule has 0 aliphatic carbocycles. The zero-order chi connectivity index (χ0) is 22.8. The molecule has 0 saturated carbocycles. The average Bonchev–Trinajstić information content (AvgIpc) is 2.80. The monoisotopic (exact) mass is 431 g/mol. The van der Waals surface area contributed by atoms with Gasteiger partial charge in [0.1, 0.15) is 19.0 Å². The molecule has 0 spiro atoms. The predicted octanol–water partition coefficient (Wildman–Crippen LogP) is 5.81. The molecular formula is C27H29NO4. The van der Waals surface area contributed by atoms with Crippen molar-refractivity contribution in [1.82, 2.24) is 0 Å². The van der Waals surface area contributed by atoms with Gasteiger partial charge in [0.25, 0.3) is 0 Å². The van der Waals surface area contributed by atoms with Crippen LogP contribution in [0.2, 0.25) is 0 Å². The number of nitrogens with one attached hydrogen (secondary N) is 1. The first-order valence-corrected chi connectivity index (χ1v) is 10.7. The molecule has 32 heavy (non-hydrogen) atoms. The Balaban J connectivity index is 1.59. The largest absolute Gasteiger partial charge is 0.490 e. The first-order chi connectivity index (χ1) is 15.6. The van der Waals surface area contributed by atoms with Crippen LogP contribution in [0.5, 0.6) is 17.2 Å². The Hall–Kier alpha value is -3.73. The van der Waals surface area contributed by atoms with Crippen LogP contribution in [0.1, 0.15) is 23.6 Å². The van der Waals surface area contributed by atoms with Gasteiger partial charge in [-0.25, -0.2) is 0 Å². The van der Waals surface area contributed by atoms with Gasteiger partial charge in [-0.05, 0) is 73.9 Å². The molecule has 0 aromatic heterocycles. The molecule has 0 radical (unpaired) electrons. The maximum absolute atomic E-state index is 12.4. The topological polar surface area (TPSA) is 56.8 Å². The normalized spacial score (nSPS) is 10.7. The Bertz CT molecular complexity index is 1060. The molecule has 3 aromatic carbocycles. The molecule has 0 aliphatic heterocycles. The van der Waals surface area contributed by atoms with Crippen molar-refractivity contribution < 1.29 is 19.0 Å². The quantitative estimate of drug-likeness (QED) is 0.325. The molecular weight excluding hydrogens is 402 g/mol. The van der Waals surface area contributed by atoms with Gasteiger partial charge < -0.3 is 19.5 Å². The van der Waals surface area contributed by atoms with E-state index in [4.69, 9.17) is 14.2 Å². The van der Waals surface area contributed by atoms with Crippen LogP contribution in [-0.4, -0.2) is 25.7 Å². The van der Waals surface area contributed by atoms with Crippen LogP contribution in [0.4, 0.5) is 5.69 Å². The zero-order valence-corrected chi connectivity index (χ0v) is 18.8. The highest BCUT2D eigenvalue weighted by Crippen LogP contribution is 2.29. The second kappa shape index (κ2) is 11.6. The Morgan fingerprint density at radius 3 is 2.44 bits per heavy atom. The lowest BCUT2D eigenvalue weighted by Crippen LogP contribution is -2.10. The number of hydrogen-bond acceptors (Lipinski definition) is 4. The lowest BCUT2D eigenvalue weighted by atomic mass is 10.1. The number of carbonyl (C=O) groups excluding carboxylic acids is 1. The standard InChI is InChI=1S/C27H29NO4/c1-4-30-26-19-22(14-16-27(29)28-24-12-8-9-20(2)21(24)3)13-15-25(26)32-18-17-31-23-10-6-5-7-11-23/h5-16,19H,4,17-18H2,1-3H3,(H,28,29)/b16-14+. The summed E-state index contributed by atoms with van der Waals surface area (Å²) >= 11 is 0. The van der Waals surface area contributed by atoms with Crippen LogP contribution >= 0.6 is 0 Å². The van der Waals surface area contributed by atoms with Crippen LogP contribution in [-0.2, 0) is 4.79 Å². The summed E-state index contributed by atoms with van der Waals surface area (Å²) in [6.07, 6.45) is 3.27. The summed E-state index contributed by atoms with van der Waals surface area (Å²) in [5, 5.41) is 2.92. The van der Waals surface area contributed by atoms with Crippen molar-refractivity contribution in [3.05, 3.63) is 89.5 Å². The molecule has 5 heteroatoms. The van der Waals surface area contributed by atoms with E-state index in [1.54, 1.807) is 6.08 Å². The van der Waals surface area contributed by atoms with E-state index in [0.29, 0.717) is 31.3 Å². The van der Waals surface area contributed by atoms with Crippen molar-refractivity contribution in [3.8, 4) is 17.2 Å². The highest BCUT2D eigenvalue weighted by molar-refractivity contribution is 6.02. The van der Waals surface area contributed by atoms with E-state index >= 15 is 0 Å². The number of para-hydroxylation sites is 1. The van der Waals surface area contributed by atoms with Crippen molar-refractivity contribution in [2.45, 2.75) is 20.8 Å². The first-order valence-electron chi connectivity index (χ1n) is 10.7. The summed E-state index contributed by atoms with van der Waals surface area (Å²) < 4.78 is 17.2. The van der Waals surface area contributed by atoms with Gasteiger partial charge in [0, 0.05) is 11.8 Å². The van der Waals surface area contributed by atoms with E-state index < -0.39 is 0 Å². The van der Waals surface area contributed by atoms with E-state index in [1.165, 1.54) is 6.08 Å². The second-order valence-electron chi connectivity index (χ2n) is 7.22. The van der Waals surface area contributed by atoms with Gasteiger partial charge in [0.2, 0.25) is 5.91 Å². The molecule has 1 N–H and O–H groups in total. The maximum atomic E-state index is 12.4. The molecule has 3 aromatic rings. The molecule has 0 heterocycles. The molecule has 166 valence electrons. The van der Waals surface area contributed by atoms with Gasteiger partial charge in [-0.2, -0.15) is 0 Å². The van der Waals surface area contributed by atoms with E-state index in [9.17, 15) is 4.79 Å². The van der Waals surface area contributed by atoms with Crippen molar-refractivity contribution in [3.63, 3.8) is 0 Å². The number of aryl methyl sites for hydroxylation is 1. The van der Waals surface area contributed by atoms with Crippen molar-refractivity contribution in [1.29, 1.82) is 0 Å². The van der Waals surface area contributed by atoms with Crippen LogP contribution in [0.3, 0.4) is 0 Å². The Morgan fingerprint density at radius 1 is 0.875 bits per heavy atom. The number of hydrogen-bond donors (Lipinski definition) is 1. The Labute approximate surface area is 189 Å². The van der Waals surface area contributed by atoms with Crippen LogP contribution in [0.25, 0.3) is 6.08 Å². The summed E-state index contributed by atoms with van der Waals surface area (Å²) in [5.74, 6) is 1.89. The fourth-order valence-corrected chi connectivity index (χ4v) is 3.08. The molecule has 3 rings (SSSR count). The molecule has 0 aliphatic rings. The van der Waals surface area contributed by atoms with E-state index in [2.05, 4.69) is 5.32 Å². The third-order valence-electron chi connectivity index (χ3n) is 4.91. The number of anilines is 1. The predicted molar refractivity (Wildman–Crippen MR) is 129 cm³/mol. The van der Waals surface area contributed by atoms with Crippen LogP contribution in [0, 0.1) is 13.8 Å². The van der Waals surface area contributed by atoms with Crippen molar-refractivity contribution in [2.24, 2.45) is 0 Å². The van der Waals surface area contributed by atoms with Crippen LogP contribution < -0.4 is 19.5 Å². The minimum atomic E-state index is -0.185. The third-order valence-corrected chi connectivity index (χ3v) is 4.91. The highest BCUT2D eigenvalue weighted by atomic mass is 16.5. The Morgan fingerprint density at radius 2 is 1.66 bits per heavy atom. The lowest BCUT2D eigenvalue weighted by molar-refractivity contribution is -0.111. The SMILES string of the molecule is CCOc1cc(/C=C/C(=O)Nc2cccc(C)c2C)ccc1OCCOc1ccccc1. The van der Waals surface area contributed by atoms with Gasteiger partial charge in [-0.1, -0.05) is 36.4 Å². The van der Waals surface area contributed by atoms with Gasteiger partial charge in [-0.15, -0.1) is 0 Å². The second-order valence-corrected chi connectivity index (χ2v) is 7.22. The summed E-state index contributed by atoms with van der Waals surface area (Å²) in [6, 6.07) is 21.1. The highest BCUT2D eigenvalue weighted by Gasteiger charge is 2.07. The number of carbonyl (C=O) groups is 1. The summed E-state index contributed by atoms with van der Waals surface area (Å²) in [4.78, 5) is 12.4. The summed E-state index contributed by atoms with van der Waals surface area (Å²) in [7, 11) is 0. The minimum absolute atomic E-state index is 0.185. The molecule has 0 saturated heterocycles. The van der Waals surface area contributed by atoms with E-state index in [-0.39, 0.29) is 5.91 Å². The number of amides is 1. The summed E-state index contributed by atoms with van der Waals surface area (Å²) in [5.41, 5.74) is 3.86. The molecule has 0 atom stereocenters. The van der Waals surface area contributed by atoms with Gasteiger partial charge in [0.15, 0.2) is 11.5 Å². The van der Waals surface area contributed by atoms with Gasteiger partial charge in [0.05, 0.1) is 6.61 Å². The minimum Gasteiger partial charge on any atom is -0.490 e. The van der Waals surface area contributed by atoms with E-state index in [0.717, 1.165) is 28.1 Å². The number of ether oxygens (including phenoxy) is 3. The summed E-state index contributed by atoms with van der Waals surface area (Å²) in [6.45, 7) is 7.26.